The molecule has 32 heavy (non-hydrogen) atoms. The summed E-state index contributed by atoms with van der Waals surface area (Å²) >= 11 is 6.23. The van der Waals surface area contributed by atoms with Crippen LogP contribution >= 0.6 is 11.6 Å². The molecule has 0 unspecified atom stereocenters. The van der Waals surface area contributed by atoms with Gasteiger partial charge in [-0.15, -0.1) is 0 Å². The van der Waals surface area contributed by atoms with Crippen molar-refractivity contribution in [3.63, 3.8) is 0 Å². The van der Waals surface area contributed by atoms with E-state index in [1.807, 2.05) is 32.0 Å². The SMILES string of the molecule is CCc1cccc(CC)c1NC(=O)COc1ccc(S(=O)(=O)Nc2ccccc2)cc1Cl. The quantitative estimate of drug-likeness (QED) is 0.443. The zero-order valence-corrected chi connectivity index (χ0v) is 19.5. The van der Waals surface area contributed by atoms with Crippen LogP contribution < -0.4 is 14.8 Å². The van der Waals surface area contributed by atoms with Gasteiger partial charge in [-0.2, -0.15) is 0 Å². The maximum Gasteiger partial charge on any atom is 0.262 e. The number of sulfonamides is 1. The molecule has 6 nitrogen and oxygen atoms in total. The number of amides is 1. The number of aryl methyl sites for hydroxylation is 2. The number of hydrogen-bond donors (Lipinski definition) is 2. The molecular formula is C24H25ClN2O4S. The van der Waals surface area contributed by atoms with Crippen LogP contribution in [0.3, 0.4) is 0 Å². The highest BCUT2D eigenvalue weighted by atomic mass is 35.5. The fourth-order valence-corrected chi connectivity index (χ4v) is 4.59. The highest BCUT2D eigenvalue weighted by Gasteiger charge is 2.17. The number of halogens is 1. The number of anilines is 2. The van der Waals surface area contributed by atoms with Crippen molar-refractivity contribution in [2.45, 2.75) is 31.6 Å². The van der Waals surface area contributed by atoms with Crippen LogP contribution in [0.15, 0.2) is 71.6 Å². The topological polar surface area (TPSA) is 84.5 Å². The van der Waals surface area contributed by atoms with E-state index in [0.29, 0.717) is 5.69 Å². The van der Waals surface area contributed by atoms with Crippen molar-refractivity contribution >= 4 is 38.9 Å². The average Bonchev–Trinajstić information content (AvgIpc) is 2.78. The molecule has 0 saturated heterocycles. The summed E-state index contributed by atoms with van der Waals surface area (Å²) in [7, 11) is -3.81. The van der Waals surface area contributed by atoms with Crippen LogP contribution in [-0.4, -0.2) is 20.9 Å². The highest BCUT2D eigenvalue weighted by molar-refractivity contribution is 7.92. The summed E-state index contributed by atoms with van der Waals surface area (Å²) in [6.07, 6.45) is 1.59. The molecule has 0 fully saturated rings. The zero-order chi connectivity index (χ0) is 23.1. The maximum absolute atomic E-state index is 12.6. The van der Waals surface area contributed by atoms with Gasteiger partial charge in [0.15, 0.2) is 6.61 Å². The van der Waals surface area contributed by atoms with Crippen LogP contribution in [0.2, 0.25) is 5.02 Å². The first-order chi connectivity index (χ1) is 15.3. The Labute approximate surface area is 193 Å². The predicted octanol–water partition coefficient (Wildman–Crippen LogP) is 5.28. The summed E-state index contributed by atoms with van der Waals surface area (Å²) in [6.45, 7) is 3.81. The molecule has 8 heteroatoms. The standard InChI is InChI=1S/C24H25ClN2O4S/c1-3-17-9-8-10-18(4-2)24(17)26-23(28)16-31-22-14-13-20(15-21(22)25)32(29,30)27-19-11-6-5-7-12-19/h5-15,27H,3-4,16H2,1-2H3,(H,26,28). The van der Waals surface area contributed by atoms with Gasteiger partial charge in [-0.1, -0.05) is 61.8 Å². The van der Waals surface area contributed by atoms with Gasteiger partial charge < -0.3 is 10.1 Å². The molecule has 168 valence electrons. The van der Waals surface area contributed by atoms with E-state index in [-0.39, 0.29) is 28.2 Å². The zero-order valence-electron chi connectivity index (χ0n) is 17.9. The number of rotatable bonds is 9. The highest BCUT2D eigenvalue weighted by Crippen LogP contribution is 2.28. The second-order valence-corrected chi connectivity index (χ2v) is 9.15. The molecule has 0 saturated carbocycles. The summed E-state index contributed by atoms with van der Waals surface area (Å²) in [5.41, 5.74) is 3.36. The van der Waals surface area contributed by atoms with Crippen molar-refractivity contribution in [1.82, 2.24) is 0 Å². The molecule has 2 N–H and O–H groups in total. The van der Waals surface area contributed by atoms with Gasteiger partial charge in [-0.05, 0) is 54.3 Å². The molecule has 0 aliphatic carbocycles. The van der Waals surface area contributed by atoms with Crippen LogP contribution in [0.25, 0.3) is 0 Å². The third-order valence-electron chi connectivity index (χ3n) is 4.86. The molecule has 3 aromatic rings. The lowest BCUT2D eigenvalue weighted by Crippen LogP contribution is -2.22. The first-order valence-electron chi connectivity index (χ1n) is 10.2. The molecular weight excluding hydrogens is 448 g/mol. The van der Waals surface area contributed by atoms with Gasteiger partial charge in [0.25, 0.3) is 15.9 Å². The normalized spacial score (nSPS) is 11.1. The van der Waals surface area contributed by atoms with E-state index in [0.717, 1.165) is 29.7 Å². The molecule has 0 heterocycles. The Kier molecular flexibility index (Phi) is 7.77. The van der Waals surface area contributed by atoms with E-state index in [9.17, 15) is 13.2 Å². The van der Waals surface area contributed by atoms with E-state index in [2.05, 4.69) is 10.0 Å². The second kappa shape index (κ2) is 10.5. The molecule has 1 amide bonds. The summed E-state index contributed by atoms with van der Waals surface area (Å²) < 4.78 is 33.2. The third-order valence-corrected chi connectivity index (χ3v) is 6.54. The number of benzene rings is 3. The molecule has 0 bridgehead atoms. The Hall–Kier alpha value is -3.03. The molecule has 3 rings (SSSR count). The lowest BCUT2D eigenvalue weighted by molar-refractivity contribution is -0.118. The van der Waals surface area contributed by atoms with Gasteiger partial charge in [0.05, 0.1) is 9.92 Å². The summed E-state index contributed by atoms with van der Waals surface area (Å²) in [4.78, 5) is 12.5. The second-order valence-electron chi connectivity index (χ2n) is 7.06. The first kappa shape index (κ1) is 23.6. The molecule has 0 spiro atoms. The minimum Gasteiger partial charge on any atom is -0.482 e. The van der Waals surface area contributed by atoms with Crippen molar-refractivity contribution in [2.24, 2.45) is 0 Å². The van der Waals surface area contributed by atoms with Crippen molar-refractivity contribution in [3.8, 4) is 5.75 Å². The number of carbonyl (C=O) groups excluding carboxylic acids is 1. The van der Waals surface area contributed by atoms with Gasteiger partial charge in [-0.25, -0.2) is 8.42 Å². The Balaban J connectivity index is 1.67. The van der Waals surface area contributed by atoms with Crippen LogP contribution in [-0.2, 0) is 27.7 Å². The lowest BCUT2D eigenvalue weighted by atomic mass is 10.0. The minimum atomic E-state index is -3.81. The fourth-order valence-electron chi connectivity index (χ4n) is 3.21. The molecule has 0 aliphatic rings. The smallest absolute Gasteiger partial charge is 0.262 e. The summed E-state index contributed by atoms with van der Waals surface area (Å²) in [5, 5.41) is 3.02. The van der Waals surface area contributed by atoms with Gasteiger partial charge in [0.2, 0.25) is 0 Å². The number of ether oxygens (including phenoxy) is 1. The van der Waals surface area contributed by atoms with Gasteiger partial charge in [0, 0.05) is 11.4 Å². The van der Waals surface area contributed by atoms with E-state index < -0.39 is 10.0 Å². The number of carbonyl (C=O) groups is 1. The van der Waals surface area contributed by atoms with E-state index in [4.69, 9.17) is 16.3 Å². The Morgan fingerprint density at radius 2 is 1.59 bits per heavy atom. The predicted molar refractivity (Wildman–Crippen MR) is 128 cm³/mol. The molecule has 0 aliphatic heterocycles. The van der Waals surface area contributed by atoms with Crippen LogP contribution in [0.1, 0.15) is 25.0 Å². The Bertz CT molecular complexity index is 1180. The first-order valence-corrected chi connectivity index (χ1v) is 12.1. The van der Waals surface area contributed by atoms with E-state index in [1.165, 1.54) is 18.2 Å². The third kappa shape index (κ3) is 5.81. The van der Waals surface area contributed by atoms with Crippen molar-refractivity contribution in [1.29, 1.82) is 0 Å². The number of para-hydroxylation sites is 2. The average molecular weight is 473 g/mol. The van der Waals surface area contributed by atoms with Crippen molar-refractivity contribution in [2.75, 3.05) is 16.6 Å². The monoisotopic (exact) mass is 472 g/mol. The van der Waals surface area contributed by atoms with E-state index >= 15 is 0 Å². The maximum atomic E-state index is 12.6. The molecule has 0 aromatic heterocycles. The lowest BCUT2D eigenvalue weighted by Gasteiger charge is -2.15. The summed E-state index contributed by atoms with van der Waals surface area (Å²) in [5.74, 6) is -0.0981. The Morgan fingerprint density at radius 1 is 0.938 bits per heavy atom. The fraction of sp³-hybridized carbons (Fsp3) is 0.208. The molecule has 0 atom stereocenters. The van der Waals surface area contributed by atoms with Crippen LogP contribution in [0.4, 0.5) is 11.4 Å². The van der Waals surface area contributed by atoms with Crippen molar-refractivity contribution in [3.05, 3.63) is 82.9 Å². The van der Waals surface area contributed by atoms with Gasteiger partial charge >= 0.3 is 0 Å². The van der Waals surface area contributed by atoms with Crippen LogP contribution in [0, 0.1) is 0 Å². The number of nitrogens with one attached hydrogen (secondary N) is 2. The van der Waals surface area contributed by atoms with Gasteiger partial charge in [0.1, 0.15) is 5.75 Å². The van der Waals surface area contributed by atoms with Crippen LogP contribution in [0.5, 0.6) is 5.75 Å². The Morgan fingerprint density at radius 3 is 2.19 bits per heavy atom. The van der Waals surface area contributed by atoms with Gasteiger partial charge in [-0.3, -0.25) is 9.52 Å². The summed E-state index contributed by atoms with van der Waals surface area (Å²) in [6, 6.07) is 18.6. The molecule has 3 aromatic carbocycles. The van der Waals surface area contributed by atoms with E-state index in [1.54, 1.807) is 30.3 Å². The largest absolute Gasteiger partial charge is 0.482 e. The molecule has 0 radical (unpaired) electrons. The van der Waals surface area contributed by atoms with Crippen molar-refractivity contribution < 1.29 is 17.9 Å². The number of hydrogen-bond acceptors (Lipinski definition) is 4. The minimum absolute atomic E-state index is 0.00684.